The minimum atomic E-state index is -0.949. The van der Waals surface area contributed by atoms with Gasteiger partial charge in [0.2, 0.25) is 0 Å². The average molecular weight is 473 g/mol. The fourth-order valence-corrected chi connectivity index (χ4v) is 4.30. The number of ether oxygens (including phenoxy) is 3. The van der Waals surface area contributed by atoms with Crippen molar-refractivity contribution in [2.24, 2.45) is 0 Å². The number of aliphatic carboxylic acids is 1. The zero-order valence-corrected chi connectivity index (χ0v) is 20.3. The first-order chi connectivity index (χ1) is 17.1. The molecular formula is C30H32O5. The Balaban J connectivity index is 1.45. The molecule has 0 fully saturated rings. The molecular weight excluding hydrogens is 440 g/mol. The number of unbranched alkanes of at least 4 members (excludes halogenated alkanes) is 1. The summed E-state index contributed by atoms with van der Waals surface area (Å²) in [6.45, 7) is 5.48. The molecule has 0 bridgehead atoms. The molecule has 5 nitrogen and oxygen atoms in total. The molecule has 182 valence electrons. The van der Waals surface area contributed by atoms with Crippen LogP contribution in [0.15, 0.2) is 72.8 Å². The van der Waals surface area contributed by atoms with Crippen molar-refractivity contribution in [3.63, 3.8) is 0 Å². The van der Waals surface area contributed by atoms with Gasteiger partial charge in [-0.15, -0.1) is 0 Å². The minimum Gasteiger partial charge on any atom is -0.494 e. The van der Waals surface area contributed by atoms with Crippen LogP contribution in [-0.4, -0.2) is 37.0 Å². The maximum Gasteiger partial charge on any atom is 0.333 e. The van der Waals surface area contributed by atoms with Crippen molar-refractivity contribution < 1.29 is 24.1 Å². The molecule has 1 aliphatic carbocycles. The molecule has 4 rings (SSSR count). The first-order valence-electron chi connectivity index (χ1n) is 12.2. The summed E-state index contributed by atoms with van der Waals surface area (Å²) >= 11 is 0. The summed E-state index contributed by atoms with van der Waals surface area (Å²) in [6.07, 6.45) is 3.76. The van der Waals surface area contributed by atoms with E-state index in [1.807, 2.05) is 30.3 Å². The molecule has 35 heavy (non-hydrogen) atoms. The van der Waals surface area contributed by atoms with Crippen molar-refractivity contribution >= 4 is 11.5 Å². The van der Waals surface area contributed by atoms with E-state index in [2.05, 4.69) is 49.4 Å². The van der Waals surface area contributed by atoms with E-state index in [1.54, 1.807) is 6.92 Å². The molecule has 0 saturated heterocycles. The maximum absolute atomic E-state index is 11.3. The van der Waals surface area contributed by atoms with Crippen molar-refractivity contribution in [3.05, 3.63) is 89.5 Å². The first kappa shape index (κ1) is 24.6. The lowest BCUT2D eigenvalue weighted by Gasteiger charge is -2.12. The van der Waals surface area contributed by atoms with Gasteiger partial charge in [-0.1, -0.05) is 55.8 Å². The number of carboxylic acids is 1. The summed E-state index contributed by atoms with van der Waals surface area (Å²) in [5.41, 5.74) is 6.83. The monoisotopic (exact) mass is 472 g/mol. The average Bonchev–Trinajstić information content (AvgIpc) is 3.18. The van der Waals surface area contributed by atoms with E-state index in [1.165, 1.54) is 22.3 Å². The van der Waals surface area contributed by atoms with E-state index < -0.39 is 12.1 Å². The van der Waals surface area contributed by atoms with Gasteiger partial charge in [0, 0.05) is 13.0 Å². The first-order valence-corrected chi connectivity index (χ1v) is 12.2. The Morgan fingerprint density at radius 2 is 1.60 bits per heavy atom. The number of carbonyl (C=O) groups is 1. The Morgan fingerprint density at radius 3 is 2.31 bits per heavy atom. The second kappa shape index (κ2) is 11.7. The summed E-state index contributed by atoms with van der Waals surface area (Å²) in [7, 11) is 0. The van der Waals surface area contributed by atoms with E-state index in [0.29, 0.717) is 19.6 Å². The Kier molecular flexibility index (Phi) is 8.22. The van der Waals surface area contributed by atoms with Gasteiger partial charge in [0.05, 0.1) is 6.61 Å². The fraction of sp³-hybridized carbons (Fsp3) is 0.300. The van der Waals surface area contributed by atoms with Crippen LogP contribution in [-0.2, 0) is 16.0 Å². The van der Waals surface area contributed by atoms with Crippen LogP contribution in [0.3, 0.4) is 0 Å². The van der Waals surface area contributed by atoms with Gasteiger partial charge in [0.15, 0.2) is 6.10 Å². The second-order valence-electron chi connectivity index (χ2n) is 8.51. The van der Waals surface area contributed by atoms with Crippen molar-refractivity contribution in [3.8, 4) is 22.6 Å². The minimum absolute atomic E-state index is 0.325. The van der Waals surface area contributed by atoms with Crippen molar-refractivity contribution in [2.45, 2.75) is 39.2 Å². The molecule has 0 aromatic heterocycles. The lowest BCUT2D eigenvalue weighted by molar-refractivity contribution is -0.149. The molecule has 3 aromatic rings. The lowest BCUT2D eigenvalue weighted by atomic mass is 10.0. The number of benzene rings is 3. The van der Waals surface area contributed by atoms with Crippen LogP contribution >= 0.6 is 0 Å². The molecule has 1 aliphatic rings. The van der Waals surface area contributed by atoms with Crippen LogP contribution in [0.1, 0.15) is 43.4 Å². The van der Waals surface area contributed by atoms with Gasteiger partial charge >= 0.3 is 5.97 Å². The third kappa shape index (κ3) is 5.92. The number of hydrogen-bond acceptors (Lipinski definition) is 4. The molecule has 1 N–H and O–H groups in total. The van der Waals surface area contributed by atoms with Crippen LogP contribution in [0.2, 0.25) is 0 Å². The topological polar surface area (TPSA) is 65.0 Å². The van der Waals surface area contributed by atoms with Crippen LogP contribution in [0, 0.1) is 0 Å². The van der Waals surface area contributed by atoms with Crippen molar-refractivity contribution in [1.29, 1.82) is 0 Å². The molecule has 5 heteroatoms. The largest absolute Gasteiger partial charge is 0.494 e. The second-order valence-corrected chi connectivity index (χ2v) is 8.51. The standard InChI is InChI=1S/C30H32O5/c1-3-5-17-34-23-14-15-26-27(24-8-6-7-9-25(24)28(26)20-23)16-18-35-22-12-10-21(11-13-22)19-29(30(31)32)33-4-2/h6-16,20,29H,3-5,17-19H2,1-2H3,(H,31,32)/b27-16+. The summed E-state index contributed by atoms with van der Waals surface area (Å²) in [4.78, 5) is 11.3. The summed E-state index contributed by atoms with van der Waals surface area (Å²) in [5, 5.41) is 9.28. The third-order valence-electron chi connectivity index (χ3n) is 6.08. The van der Waals surface area contributed by atoms with Crippen LogP contribution in [0.25, 0.3) is 16.7 Å². The Hall–Kier alpha value is -3.57. The predicted molar refractivity (Wildman–Crippen MR) is 138 cm³/mol. The smallest absolute Gasteiger partial charge is 0.333 e. The summed E-state index contributed by atoms with van der Waals surface area (Å²) in [5.74, 6) is 0.690. The van der Waals surface area contributed by atoms with Gasteiger partial charge in [-0.2, -0.15) is 0 Å². The van der Waals surface area contributed by atoms with E-state index in [9.17, 15) is 9.90 Å². The Labute approximate surface area is 207 Å². The quantitative estimate of drug-likeness (QED) is 0.242. The van der Waals surface area contributed by atoms with Crippen molar-refractivity contribution in [2.75, 3.05) is 19.8 Å². The van der Waals surface area contributed by atoms with Gasteiger partial charge in [-0.05, 0) is 77.1 Å². The van der Waals surface area contributed by atoms with E-state index >= 15 is 0 Å². The van der Waals surface area contributed by atoms with Gasteiger partial charge in [0.1, 0.15) is 18.1 Å². The van der Waals surface area contributed by atoms with Crippen LogP contribution < -0.4 is 9.47 Å². The zero-order valence-electron chi connectivity index (χ0n) is 20.3. The van der Waals surface area contributed by atoms with E-state index in [-0.39, 0.29) is 0 Å². The molecule has 3 aromatic carbocycles. The van der Waals surface area contributed by atoms with Gasteiger partial charge < -0.3 is 19.3 Å². The highest BCUT2D eigenvalue weighted by Gasteiger charge is 2.23. The SMILES string of the molecule is CCCCOc1ccc2c(c1)-c1ccccc1/C2=C\COc1ccc(CC(OCC)C(=O)O)cc1. The number of hydrogen-bond donors (Lipinski definition) is 1. The lowest BCUT2D eigenvalue weighted by Crippen LogP contribution is -2.26. The summed E-state index contributed by atoms with van der Waals surface area (Å²) in [6, 6.07) is 22.2. The summed E-state index contributed by atoms with van der Waals surface area (Å²) < 4.78 is 17.2. The molecule has 1 atom stereocenters. The number of fused-ring (bicyclic) bond motifs is 3. The maximum atomic E-state index is 11.3. The fourth-order valence-electron chi connectivity index (χ4n) is 4.30. The van der Waals surface area contributed by atoms with Gasteiger partial charge in [-0.3, -0.25) is 0 Å². The van der Waals surface area contributed by atoms with Crippen molar-refractivity contribution in [1.82, 2.24) is 0 Å². The Bertz CT molecular complexity index is 1180. The third-order valence-corrected chi connectivity index (χ3v) is 6.08. The molecule has 0 spiro atoms. The highest BCUT2D eigenvalue weighted by atomic mass is 16.5. The Morgan fingerprint density at radius 1 is 0.886 bits per heavy atom. The molecule has 0 aliphatic heterocycles. The van der Waals surface area contributed by atoms with Gasteiger partial charge in [-0.25, -0.2) is 4.79 Å². The highest BCUT2D eigenvalue weighted by molar-refractivity contribution is 6.01. The molecule has 0 radical (unpaired) electrons. The van der Waals surface area contributed by atoms with Gasteiger partial charge in [0.25, 0.3) is 0 Å². The van der Waals surface area contributed by atoms with E-state index in [4.69, 9.17) is 14.2 Å². The molecule has 0 heterocycles. The van der Waals surface area contributed by atoms with Crippen LogP contribution in [0.5, 0.6) is 11.5 Å². The normalized spacial score (nSPS) is 13.8. The molecule has 0 amide bonds. The highest BCUT2D eigenvalue weighted by Crippen LogP contribution is 2.45. The number of carboxylic acid groups (broad SMARTS) is 1. The zero-order chi connectivity index (χ0) is 24.6. The molecule has 1 unspecified atom stereocenters. The predicted octanol–water partition coefficient (Wildman–Crippen LogP) is 6.39. The number of rotatable bonds is 12. The van der Waals surface area contributed by atoms with Crippen LogP contribution in [0.4, 0.5) is 0 Å². The van der Waals surface area contributed by atoms with E-state index in [0.717, 1.165) is 42.1 Å². The molecule has 0 saturated carbocycles.